The smallest absolute Gasteiger partial charge is 0.322 e. The average Bonchev–Trinajstić information content (AvgIpc) is 2.77. The lowest BCUT2D eigenvalue weighted by Crippen LogP contribution is -2.08. The second-order valence-electron chi connectivity index (χ2n) is 2.90. The second kappa shape index (κ2) is 4.95. The fourth-order valence-electron chi connectivity index (χ4n) is 1.15. The number of methoxy groups -OCH3 is 1. The van der Waals surface area contributed by atoms with Gasteiger partial charge in [0, 0.05) is 0 Å². The topological polar surface area (TPSA) is 105 Å². The van der Waals surface area contributed by atoms with Crippen molar-refractivity contribution in [3.8, 4) is 12.0 Å². The summed E-state index contributed by atoms with van der Waals surface area (Å²) in [6, 6.07) is 0.161. The monoisotopic (exact) mass is 253 g/mol. The summed E-state index contributed by atoms with van der Waals surface area (Å²) in [5.41, 5.74) is 5.56. The van der Waals surface area contributed by atoms with Gasteiger partial charge in [-0.2, -0.15) is 15.0 Å². The van der Waals surface area contributed by atoms with E-state index in [1.165, 1.54) is 25.2 Å². The van der Waals surface area contributed by atoms with Crippen molar-refractivity contribution in [3.05, 3.63) is 6.33 Å². The molecular weight excluding hydrogens is 242 g/mol. The van der Waals surface area contributed by atoms with Crippen molar-refractivity contribution >= 4 is 17.7 Å². The lowest BCUT2D eigenvalue weighted by Gasteiger charge is -2.05. The normalized spacial score (nSPS) is 10.5. The third-order valence-corrected chi connectivity index (χ3v) is 2.63. The van der Waals surface area contributed by atoms with Gasteiger partial charge in [-0.15, -0.1) is 10.2 Å². The van der Waals surface area contributed by atoms with Crippen LogP contribution in [0.3, 0.4) is 0 Å². The van der Waals surface area contributed by atoms with E-state index >= 15 is 0 Å². The maximum Gasteiger partial charge on any atom is 0.322 e. The highest BCUT2D eigenvalue weighted by molar-refractivity contribution is 7.99. The fourth-order valence-corrected chi connectivity index (χ4v) is 1.78. The summed E-state index contributed by atoms with van der Waals surface area (Å²) in [6.45, 7) is 2.02. The molecule has 17 heavy (non-hydrogen) atoms. The van der Waals surface area contributed by atoms with Crippen molar-refractivity contribution in [1.29, 1.82) is 0 Å². The standard InChI is InChI=1S/C8H11N7OS/c1-3-17-8-14-10-4-15(8)6-11-5(9)12-7(13-6)16-2/h4H,3H2,1-2H3,(H2,9,11,12,13). The van der Waals surface area contributed by atoms with Gasteiger partial charge in [0.15, 0.2) is 5.16 Å². The molecule has 0 bridgehead atoms. The Morgan fingerprint density at radius 1 is 1.41 bits per heavy atom. The number of anilines is 1. The molecule has 0 atom stereocenters. The quantitative estimate of drug-likeness (QED) is 0.768. The first-order chi connectivity index (χ1) is 8.24. The van der Waals surface area contributed by atoms with Crippen LogP contribution in [-0.4, -0.2) is 42.6 Å². The predicted molar refractivity (Wildman–Crippen MR) is 62.1 cm³/mol. The van der Waals surface area contributed by atoms with Crippen molar-refractivity contribution in [2.24, 2.45) is 0 Å². The predicted octanol–water partition coefficient (Wildman–Crippen LogP) is 0.155. The van der Waals surface area contributed by atoms with Crippen LogP contribution in [0.4, 0.5) is 5.95 Å². The largest absolute Gasteiger partial charge is 0.467 e. The van der Waals surface area contributed by atoms with E-state index in [4.69, 9.17) is 10.5 Å². The highest BCUT2D eigenvalue weighted by Crippen LogP contribution is 2.17. The zero-order valence-electron chi connectivity index (χ0n) is 9.36. The number of aromatic nitrogens is 6. The molecule has 0 amide bonds. The molecular formula is C8H11N7OS. The van der Waals surface area contributed by atoms with Gasteiger partial charge in [0.25, 0.3) is 0 Å². The summed E-state index contributed by atoms with van der Waals surface area (Å²) in [6.07, 6.45) is 1.52. The molecule has 90 valence electrons. The second-order valence-corrected chi connectivity index (χ2v) is 4.13. The van der Waals surface area contributed by atoms with Crippen molar-refractivity contribution in [1.82, 2.24) is 29.7 Å². The zero-order valence-corrected chi connectivity index (χ0v) is 10.2. The minimum absolute atomic E-state index is 0.0907. The van der Waals surface area contributed by atoms with Crippen LogP contribution in [0.2, 0.25) is 0 Å². The number of nitrogens with zero attached hydrogens (tertiary/aromatic N) is 6. The number of hydrogen-bond donors (Lipinski definition) is 1. The first-order valence-corrected chi connectivity index (χ1v) is 5.82. The molecule has 2 aromatic rings. The summed E-state index contributed by atoms with van der Waals surface area (Å²) in [4.78, 5) is 11.9. The Hall–Kier alpha value is -1.90. The van der Waals surface area contributed by atoms with Crippen molar-refractivity contribution < 1.29 is 4.74 Å². The Labute approximate surface area is 102 Å². The van der Waals surface area contributed by atoms with E-state index in [9.17, 15) is 0 Å². The number of thioether (sulfide) groups is 1. The third kappa shape index (κ3) is 2.44. The van der Waals surface area contributed by atoms with Crippen LogP contribution in [0.25, 0.3) is 5.95 Å². The van der Waals surface area contributed by atoms with Crippen molar-refractivity contribution in [3.63, 3.8) is 0 Å². The molecule has 0 saturated heterocycles. The van der Waals surface area contributed by atoms with Crippen molar-refractivity contribution in [2.45, 2.75) is 12.1 Å². The summed E-state index contributed by atoms with van der Waals surface area (Å²) in [7, 11) is 1.46. The lowest BCUT2D eigenvalue weighted by molar-refractivity contribution is 0.378. The van der Waals surface area contributed by atoms with Gasteiger partial charge in [-0.1, -0.05) is 18.7 Å². The van der Waals surface area contributed by atoms with Crippen LogP contribution >= 0.6 is 11.8 Å². The van der Waals surface area contributed by atoms with Gasteiger partial charge in [0.1, 0.15) is 6.33 Å². The molecule has 9 heteroatoms. The van der Waals surface area contributed by atoms with E-state index < -0.39 is 0 Å². The Morgan fingerprint density at radius 2 is 2.24 bits per heavy atom. The molecule has 0 aliphatic carbocycles. The SMILES string of the molecule is CCSc1nncn1-c1nc(N)nc(OC)n1. The number of nitrogen functional groups attached to an aromatic ring is 1. The van der Waals surface area contributed by atoms with Crippen LogP contribution in [0.5, 0.6) is 6.01 Å². The molecule has 0 aromatic carbocycles. The first-order valence-electron chi connectivity index (χ1n) is 4.83. The highest BCUT2D eigenvalue weighted by atomic mass is 32.2. The molecule has 8 nitrogen and oxygen atoms in total. The van der Waals surface area contributed by atoms with Gasteiger partial charge < -0.3 is 10.5 Å². The third-order valence-electron chi connectivity index (χ3n) is 1.81. The lowest BCUT2D eigenvalue weighted by atomic mass is 10.8. The maximum absolute atomic E-state index is 5.56. The average molecular weight is 253 g/mol. The maximum atomic E-state index is 5.56. The Balaban J connectivity index is 2.44. The molecule has 2 heterocycles. The minimum Gasteiger partial charge on any atom is -0.467 e. The van der Waals surface area contributed by atoms with Gasteiger partial charge >= 0.3 is 6.01 Å². The molecule has 0 aliphatic rings. The Morgan fingerprint density at radius 3 is 2.94 bits per heavy atom. The molecule has 0 radical (unpaired) electrons. The molecule has 0 fully saturated rings. The van der Waals surface area contributed by atoms with E-state index in [1.807, 2.05) is 6.92 Å². The molecule has 2 N–H and O–H groups in total. The van der Waals surface area contributed by atoms with E-state index in [0.29, 0.717) is 11.1 Å². The molecule has 0 saturated carbocycles. The summed E-state index contributed by atoms with van der Waals surface area (Å²) in [5.74, 6) is 1.31. The first kappa shape index (κ1) is 11.6. The van der Waals surface area contributed by atoms with E-state index in [0.717, 1.165) is 5.75 Å². The summed E-state index contributed by atoms with van der Waals surface area (Å²) >= 11 is 1.53. The van der Waals surface area contributed by atoms with Gasteiger partial charge in [-0.25, -0.2) is 4.57 Å². The zero-order chi connectivity index (χ0) is 12.3. The van der Waals surface area contributed by atoms with Gasteiger partial charge in [-0.05, 0) is 5.75 Å². The molecule has 0 unspecified atom stereocenters. The Bertz CT molecular complexity index is 514. The number of ether oxygens (including phenoxy) is 1. The van der Waals surface area contributed by atoms with Crippen LogP contribution in [0, 0.1) is 0 Å². The van der Waals surface area contributed by atoms with Crippen LogP contribution in [0.15, 0.2) is 11.5 Å². The summed E-state index contributed by atoms with van der Waals surface area (Å²) < 4.78 is 6.56. The number of hydrogen-bond acceptors (Lipinski definition) is 8. The van der Waals surface area contributed by atoms with E-state index in [-0.39, 0.29) is 12.0 Å². The van der Waals surface area contributed by atoms with Crippen molar-refractivity contribution in [2.75, 3.05) is 18.6 Å². The van der Waals surface area contributed by atoms with Gasteiger partial charge in [-0.3, -0.25) is 0 Å². The van der Waals surface area contributed by atoms with Gasteiger partial charge in [0.05, 0.1) is 7.11 Å². The molecule has 2 aromatic heterocycles. The van der Waals surface area contributed by atoms with E-state index in [2.05, 4.69) is 25.1 Å². The number of rotatable bonds is 4. The van der Waals surface area contributed by atoms with Gasteiger partial charge in [0.2, 0.25) is 11.9 Å². The van der Waals surface area contributed by atoms with Crippen LogP contribution in [0.1, 0.15) is 6.92 Å². The molecule has 0 aliphatic heterocycles. The highest BCUT2D eigenvalue weighted by Gasteiger charge is 2.11. The minimum atomic E-state index is 0.0907. The number of nitrogens with two attached hydrogens (primary N) is 1. The van der Waals surface area contributed by atoms with E-state index in [1.54, 1.807) is 4.57 Å². The summed E-state index contributed by atoms with van der Waals surface area (Å²) in [5, 5.41) is 8.47. The fraction of sp³-hybridized carbons (Fsp3) is 0.375. The molecule has 0 spiro atoms. The Kier molecular flexibility index (Phi) is 3.38. The van der Waals surface area contributed by atoms with Crippen LogP contribution < -0.4 is 10.5 Å². The van der Waals surface area contributed by atoms with Crippen LogP contribution in [-0.2, 0) is 0 Å². The molecule has 2 rings (SSSR count).